The van der Waals surface area contributed by atoms with Crippen molar-refractivity contribution in [2.45, 2.75) is 26.4 Å². The number of benzene rings is 1. The highest BCUT2D eigenvalue weighted by molar-refractivity contribution is 6.33. The molecule has 0 saturated heterocycles. The second kappa shape index (κ2) is 8.01. The zero-order valence-electron chi connectivity index (χ0n) is 12.6. The zero-order chi connectivity index (χ0) is 15.1. The fourth-order valence-electron chi connectivity index (χ4n) is 2.37. The van der Waals surface area contributed by atoms with Gasteiger partial charge < -0.3 is 10.2 Å². The van der Waals surface area contributed by atoms with Crippen molar-refractivity contribution in [2.75, 3.05) is 18.5 Å². The van der Waals surface area contributed by atoms with Gasteiger partial charge in [-0.1, -0.05) is 36.7 Å². The Balaban J connectivity index is 2.16. The normalized spacial score (nSPS) is 10.6. The average Bonchev–Trinajstić information content (AvgIpc) is 2.48. The quantitative estimate of drug-likeness (QED) is 0.787. The van der Waals surface area contributed by atoms with Crippen molar-refractivity contribution in [2.24, 2.45) is 0 Å². The maximum Gasteiger partial charge on any atom is 0.0642 e. The molecule has 2 rings (SSSR count). The summed E-state index contributed by atoms with van der Waals surface area (Å²) in [5, 5.41) is 4.23. The monoisotopic (exact) mass is 303 g/mol. The largest absolute Gasteiger partial charge is 0.369 e. The van der Waals surface area contributed by atoms with Crippen molar-refractivity contribution in [3.8, 4) is 0 Å². The molecule has 0 spiro atoms. The summed E-state index contributed by atoms with van der Waals surface area (Å²) < 4.78 is 0. The van der Waals surface area contributed by atoms with Crippen LogP contribution in [0.4, 0.5) is 5.69 Å². The molecule has 4 heteroatoms. The number of nitrogens with one attached hydrogen (secondary N) is 1. The summed E-state index contributed by atoms with van der Waals surface area (Å²) in [6, 6.07) is 10.1. The van der Waals surface area contributed by atoms with Gasteiger partial charge in [-0.25, -0.2) is 0 Å². The number of pyridine rings is 1. The number of halogens is 1. The van der Waals surface area contributed by atoms with Crippen molar-refractivity contribution >= 4 is 17.3 Å². The van der Waals surface area contributed by atoms with Gasteiger partial charge >= 0.3 is 0 Å². The molecule has 0 radical (unpaired) electrons. The van der Waals surface area contributed by atoms with Crippen molar-refractivity contribution in [3.63, 3.8) is 0 Å². The van der Waals surface area contributed by atoms with Crippen LogP contribution in [0.15, 0.2) is 42.7 Å². The first kappa shape index (κ1) is 15.8. The van der Waals surface area contributed by atoms with Gasteiger partial charge in [0.2, 0.25) is 0 Å². The fourth-order valence-corrected chi connectivity index (χ4v) is 2.71. The van der Waals surface area contributed by atoms with E-state index in [0.717, 1.165) is 36.8 Å². The summed E-state index contributed by atoms with van der Waals surface area (Å²) in [4.78, 5) is 6.35. The third kappa shape index (κ3) is 4.45. The molecule has 0 unspecified atom stereocenters. The van der Waals surface area contributed by atoms with Crippen LogP contribution in [0.25, 0.3) is 0 Å². The standard InChI is InChI=1S/C17H22ClN3/c1-3-9-19-12-15-7-4-8-16(18)17(15)21(2)13-14-6-5-10-20-11-14/h4-8,10-11,19H,3,9,12-13H2,1-2H3. The Morgan fingerprint density at radius 2 is 2.10 bits per heavy atom. The summed E-state index contributed by atoms with van der Waals surface area (Å²) in [7, 11) is 2.07. The van der Waals surface area contributed by atoms with Gasteiger partial charge in [-0.15, -0.1) is 0 Å². The Labute approximate surface area is 132 Å². The Morgan fingerprint density at radius 1 is 1.24 bits per heavy atom. The lowest BCUT2D eigenvalue weighted by Crippen LogP contribution is -2.21. The first-order valence-electron chi connectivity index (χ1n) is 7.30. The van der Waals surface area contributed by atoms with Crippen molar-refractivity contribution in [1.82, 2.24) is 10.3 Å². The molecule has 2 aromatic rings. The maximum atomic E-state index is 6.42. The number of para-hydroxylation sites is 1. The molecular formula is C17H22ClN3. The van der Waals surface area contributed by atoms with Gasteiger partial charge in [-0.3, -0.25) is 4.98 Å². The fraction of sp³-hybridized carbons (Fsp3) is 0.353. The molecule has 0 atom stereocenters. The van der Waals surface area contributed by atoms with Gasteiger partial charge in [0.15, 0.2) is 0 Å². The minimum absolute atomic E-state index is 0.789. The lowest BCUT2D eigenvalue weighted by molar-refractivity contribution is 0.673. The number of nitrogens with zero attached hydrogens (tertiary/aromatic N) is 2. The van der Waals surface area contributed by atoms with E-state index < -0.39 is 0 Å². The summed E-state index contributed by atoms with van der Waals surface area (Å²) in [5.74, 6) is 0. The molecule has 1 heterocycles. The Kier molecular flexibility index (Phi) is 6.03. The molecule has 1 N–H and O–H groups in total. The highest BCUT2D eigenvalue weighted by Gasteiger charge is 2.12. The average molecular weight is 304 g/mol. The first-order chi connectivity index (χ1) is 10.2. The van der Waals surface area contributed by atoms with E-state index in [4.69, 9.17) is 11.6 Å². The van der Waals surface area contributed by atoms with E-state index in [9.17, 15) is 0 Å². The lowest BCUT2D eigenvalue weighted by Gasteiger charge is -2.24. The van der Waals surface area contributed by atoms with Gasteiger partial charge in [-0.2, -0.15) is 0 Å². The number of hydrogen-bond acceptors (Lipinski definition) is 3. The summed E-state index contributed by atoms with van der Waals surface area (Å²) in [6.07, 6.45) is 4.81. The SMILES string of the molecule is CCCNCc1cccc(Cl)c1N(C)Cc1cccnc1. The van der Waals surface area contributed by atoms with Crippen LogP contribution in [0.3, 0.4) is 0 Å². The molecule has 0 fully saturated rings. The van der Waals surface area contributed by atoms with Crippen LogP contribution in [0.1, 0.15) is 24.5 Å². The molecule has 21 heavy (non-hydrogen) atoms. The van der Waals surface area contributed by atoms with Crippen LogP contribution in [-0.2, 0) is 13.1 Å². The first-order valence-corrected chi connectivity index (χ1v) is 7.68. The van der Waals surface area contributed by atoms with Gasteiger partial charge in [0.25, 0.3) is 0 Å². The van der Waals surface area contributed by atoms with E-state index in [0.29, 0.717) is 0 Å². The summed E-state index contributed by atoms with van der Waals surface area (Å²) in [6.45, 7) is 4.80. The van der Waals surface area contributed by atoms with Crippen LogP contribution in [0.5, 0.6) is 0 Å². The number of anilines is 1. The van der Waals surface area contributed by atoms with Crippen LogP contribution in [0.2, 0.25) is 5.02 Å². The smallest absolute Gasteiger partial charge is 0.0642 e. The lowest BCUT2D eigenvalue weighted by atomic mass is 10.1. The zero-order valence-corrected chi connectivity index (χ0v) is 13.4. The second-order valence-corrected chi connectivity index (χ2v) is 5.55. The van der Waals surface area contributed by atoms with Crippen molar-refractivity contribution < 1.29 is 0 Å². The number of hydrogen-bond donors (Lipinski definition) is 1. The molecule has 0 amide bonds. The van der Waals surface area contributed by atoms with E-state index in [1.165, 1.54) is 11.1 Å². The molecule has 0 saturated carbocycles. The Morgan fingerprint density at radius 3 is 2.81 bits per heavy atom. The Hall–Kier alpha value is -1.58. The molecule has 1 aromatic carbocycles. The number of aromatic nitrogens is 1. The van der Waals surface area contributed by atoms with E-state index >= 15 is 0 Å². The maximum absolute atomic E-state index is 6.42. The minimum Gasteiger partial charge on any atom is -0.369 e. The summed E-state index contributed by atoms with van der Waals surface area (Å²) in [5.41, 5.74) is 3.49. The van der Waals surface area contributed by atoms with Crippen molar-refractivity contribution in [3.05, 3.63) is 58.9 Å². The third-order valence-corrected chi connectivity index (χ3v) is 3.64. The van der Waals surface area contributed by atoms with E-state index in [1.54, 1.807) is 6.20 Å². The van der Waals surface area contributed by atoms with Gasteiger partial charge in [0.1, 0.15) is 0 Å². The molecule has 0 aliphatic carbocycles. The molecule has 112 valence electrons. The third-order valence-electron chi connectivity index (χ3n) is 3.34. The topological polar surface area (TPSA) is 28.2 Å². The van der Waals surface area contributed by atoms with Crippen LogP contribution in [0, 0.1) is 0 Å². The van der Waals surface area contributed by atoms with Gasteiger partial charge in [0, 0.05) is 32.5 Å². The summed E-state index contributed by atoms with van der Waals surface area (Å²) >= 11 is 6.42. The van der Waals surface area contributed by atoms with Crippen molar-refractivity contribution in [1.29, 1.82) is 0 Å². The van der Waals surface area contributed by atoms with Gasteiger partial charge in [0.05, 0.1) is 10.7 Å². The highest BCUT2D eigenvalue weighted by Crippen LogP contribution is 2.30. The second-order valence-electron chi connectivity index (χ2n) is 5.14. The van der Waals surface area contributed by atoms with Crippen LogP contribution in [-0.4, -0.2) is 18.6 Å². The molecular weight excluding hydrogens is 282 g/mol. The molecule has 0 aliphatic heterocycles. The molecule has 3 nitrogen and oxygen atoms in total. The van der Waals surface area contributed by atoms with E-state index in [1.807, 2.05) is 24.4 Å². The highest BCUT2D eigenvalue weighted by atomic mass is 35.5. The Bertz CT molecular complexity index is 557. The van der Waals surface area contributed by atoms with Crippen LogP contribution < -0.4 is 10.2 Å². The molecule has 0 bridgehead atoms. The molecule has 1 aromatic heterocycles. The van der Waals surface area contributed by atoms with Crippen LogP contribution >= 0.6 is 11.6 Å². The predicted octanol–water partition coefficient (Wildman–Crippen LogP) is 3.87. The predicted molar refractivity (Wildman–Crippen MR) is 89.8 cm³/mol. The number of rotatable bonds is 7. The van der Waals surface area contributed by atoms with Gasteiger partial charge in [-0.05, 0) is 36.2 Å². The van der Waals surface area contributed by atoms with E-state index in [-0.39, 0.29) is 0 Å². The molecule has 0 aliphatic rings. The van der Waals surface area contributed by atoms with E-state index in [2.05, 4.69) is 41.3 Å². The minimum atomic E-state index is 0.789.